The van der Waals surface area contributed by atoms with Crippen LogP contribution in [0.4, 0.5) is 0 Å². The lowest BCUT2D eigenvalue weighted by atomic mass is 10.0. The quantitative estimate of drug-likeness (QED) is 0.455. The third kappa shape index (κ3) is 2.93. The van der Waals surface area contributed by atoms with Gasteiger partial charge in [0.1, 0.15) is 0 Å². The normalized spacial score (nSPS) is 11.5. The van der Waals surface area contributed by atoms with Crippen LogP contribution in [0.3, 0.4) is 0 Å². The highest BCUT2D eigenvalue weighted by Crippen LogP contribution is 2.33. The highest BCUT2D eigenvalue weighted by atomic mass is 16.3. The van der Waals surface area contributed by atoms with Crippen molar-refractivity contribution in [2.24, 2.45) is 5.73 Å². The number of carbonyl (C=O) groups is 1. The maximum Gasteiger partial charge on any atom is 0.249 e. The van der Waals surface area contributed by atoms with Crippen molar-refractivity contribution in [3.63, 3.8) is 0 Å². The van der Waals surface area contributed by atoms with Crippen molar-refractivity contribution in [2.45, 2.75) is 20.1 Å². The SMILES string of the molecule is Cc1ccc2cc(Cn3c4cc(CO)ccc4c4c(C(N)=O)cccc43)ccc2c1. The number of benzene rings is 4. The van der Waals surface area contributed by atoms with Crippen molar-refractivity contribution in [3.8, 4) is 0 Å². The van der Waals surface area contributed by atoms with E-state index in [1.807, 2.05) is 30.3 Å². The van der Waals surface area contributed by atoms with Crippen LogP contribution in [0, 0.1) is 6.92 Å². The van der Waals surface area contributed by atoms with E-state index in [9.17, 15) is 9.90 Å². The second kappa shape index (κ2) is 7.01. The van der Waals surface area contributed by atoms with Crippen LogP contribution >= 0.6 is 0 Å². The average molecular weight is 394 g/mol. The predicted molar refractivity (Wildman–Crippen MR) is 122 cm³/mol. The summed E-state index contributed by atoms with van der Waals surface area (Å²) in [6.45, 7) is 2.72. The van der Waals surface area contributed by atoms with Crippen molar-refractivity contribution >= 4 is 38.5 Å². The van der Waals surface area contributed by atoms with Gasteiger partial charge in [-0.1, -0.05) is 54.1 Å². The number of fused-ring (bicyclic) bond motifs is 4. The van der Waals surface area contributed by atoms with Gasteiger partial charge in [-0.15, -0.1) is 0 Å². The summed E-state index contributed by atoms with van der Waals surface area (Å²) in [6, 6.07) is 24.5. The minimum absolute atomic E-state index is 0.0323. The summed E-state index contributed by atoms with van der Waals surface area (Å²) in [5, 5.41) is 13.9. The molecule has 4 aromatic carbocycles. The number of hydrogen-bond acceptors (Lipinski definition) is 2. The number of nitrogens with two attached hydrogens (primary N) is 1. The molecule has 1 aromatic heterocycles. The minimum atomic E-state index is -0.438. The van der Waals surface area contributed by atoms with Gasteiger partial charge in [0, 0.05) is 28.4 Å². The number of primary amides is 1. The molecule has 0 radical (unpaired) electrons. The Morgan fingerprint density at radius 3 is 2.47 bits per heavy atom. The first-order valence-electron chi connectivity index (χ1n) is 9.99. The molecule has 0 bridgehead atoms. The molecule has 30 heavy (non-hydrogen) atoms. The second-order valence-electron chi connectivity index (χ2n) is 7.84. The molecule has 0 saturated carbocycles. The Morgan fingerprint density at radius 1 is 0.900 bits per heavy atom. The van der Waals surface area contributed by atoms with Crippen LogP contribution in [0.5, 0.6) is 0 Å². The molecule has 0 aliphatic rings. The minimum Gasteiger partial charge on any atom is -0.392 e. The van der Waals surface area contributed by atoms with E-state index in [2.05, 4.69) is 47.9 Å². The molecular formula is C26H22N2O2. The molecule has 0 atom stereocenters. The van der Waals surface area contributed by atoms with Crippen molar-refractivity contribution in [1.29, 1.82) is 0 Å². The van der Waals surface area contributed by atoms with Gasteiger partial charge in [0.2, 0.25) is 5.91 Å². The largest absolute Gasteiger partial charge is 0.392 e. The molecule has 3 N–H and O–H groups in total. The number of aliphatic hydroxyl groups excluding tert-OH is 1. The number of aryl methyl sites for hydroxylation is 1. The number of rotatable bonds is 4. The molecule has 0 unspecified atom stereocenters. The maximum absolute atomic E-state index is 12.1. The average Bonchev–Trinajstić information content (AvgIpc) is 3.06. The topological polar surface area (TPSA) is 68.2 Å². The monoisotopic (exact) mass is 394 g/mol. The van der Waals surface area contributed by atoms with Crippen molar-refractivity contribution in [2.75, 3.05) is 0 Å². The fourth-order valence-corrected chi connectivity index (χ4v) is 4.36. The van der Waals surface area contributed by atoms with Crippen LogP contribution in [-0.4, -0.2) is 15.6 Å². The van der Waals surface area contributed by atoms with E-state index in [-0.39, 0.29) is 6.61 Å². The smallest absolute Gasteiger partial charge is 0.249 e. The summed E-state index contributed by atoms with van der Waals surface area (Å²) >= 11 is 0. The van der Waals surface area contributed by atoms with Crippen LogP contribution in [0.2, 0.25) is 0 Å². The standard InChI is InChI=1S/C26H22N2O2/c1-16-5-8-20-12-17(6-9-19(20)11-16)14-28-23-4-2-3-22(26(27)30)25(23)21-10-7-18(15-29)13-24(21)28/h2-13,29H,14-15H2,1H3,(H2,27,30). The number of aromatic nitrogens is 1. The molecule has 4 heteroatoms. The van der Waals surface area contributed by atoms with Gasteiger partial charge in [0.15, 0.2) is 0 Å². The van der Waals surface area contributed by atoms with Crippen LogP contribution in [0.25, 0.3) is 32.6 Å². The highest BCUT2D eigenvalue weighted by molar-refractivity contribution is 6.18. The molecule has 148 valence electrons. The molecule has 4 nitrogen and oxygen atoms in total. The fraction of sp³-hybridized carbons (Fsp3) is 0.115. The zero-order chi connectivity index (χ0) is 20.8. The zero-order valence-corrected chi connectivity index (χ0v) is 16.7. The number of hydrogen-bond donors (Lipinski definition) is 2. The zero-order valence-electron chi connectivity index (χ0n) is 16.7. The van der Waals surface area contributed by atoms with E-state index in [4.69, 9.17) is 5.73 Å². The number of amides is 1. The fourth-order valence-electron chi connectivity index (χ4n) is 4.36. The Kier molecular flexibility index (Phi) is 4.30. The predicted octanol–water partition coefficient (Wildman–Crippen LogP) is 4.90. The summed E-state index contributed by atoms with van der Waals surface area (Å²) in [5.41, 5.74) is 11.4. The van der Waals surface area contributed by atoms with Gasteiger partial charge in [-0.2, -0.15) is 0 Å². The second-order valence-corrected chi connectivity index (χ2v) is 7.84. The highest BCUT2D eigenvalue weighted by Gasteiger charge is 2.17. The Bertz CT molecular complexity index is 1450. The van der Waals surface area contributed by atoms with Gasteiger partial charge in [0.25, 0.3) is 0 Å². The molecule has 0 saturated heterocycles. The van der Waals surface area contributed by atoms with Gasteiger partial charge in [0.05, 0.1) is 12.1 Å². The molecule has 5 rings (SSSR count). The van der Waals surface area contributed by atoms with Crippen molar-refractivity contribution in [1.82, 2.24) is 4.57 Å². The first-order valence-corrected chi connectivity index (χ1v) is 9.99. The van der Waals surface area contributed by atoms with E-state index in [0.29, 0.717) is 12.1 Å². The van der Waals surface area contributed by atoms with Crippen LogP contribution in [-0.2, 0) is 13.2 Å². The Labute approximate surface area is 174 Å². The molecule has 0 aliphatic heterocycles. The summed E-state index contributed by atoms with van der Waals surface area (Å²) in [7, 11) is 0. The number of aliphatic hydroxyl groups is 1. The molecule has 1 amide bonds. The lowest BCUT2D eigenvalue weighted by molar-refractivity contribution is 0.100. The lowest BCUT2D eigenvalue weighted by Crippen LogP contribution is -2.11. The molecule has 0 spiro atoms. The first kappa shape index (κ1) is 18.4. The van der Waals surface area contributed by atoms with Crippen molar-refractivity contribution < 1.29 is 9.90 Å². The van der Waals surface area contributed by atoms with Crippen molar-refractivity contribution in [3.05, 3.63) is 95.1 Å². The molecule has 0 aliphatic carbocycles. The van der Waals surface area contributed by atoms with Gasteiger partial charge >= 0.3 is 0 Å². The Morgan fingerprint density at radius 2 is 1.67 bits per heavy atom. The molecule has 1 heterocycles. The van der Waals surface area contributed by atoms with E-state index < -0.39 is 5.91 Å². The number of carbonyl (C=O) groups excluding carboxylic acids is 1. The van der Waals surface area contributed by atoms with Crippen LogP contribution in [0.1, 0.15) is 27.0 Å². The molecule has 5 aromatic rings. The summed E-state index contributed by atoms with van der Waals surface area (Å²) < 4.78 is 2.20. The van der Waals surface area contributed by atoms with Gasteiger partial charge in [-0.3, -0.25) is 4.79 Å². The lowest BCUT2D eigenvalue weighted by Gasteiger charge is -2.10. The van der Waals surface area contributed by atoms with Crippen LogP contribution < -0.4 is 5.73 Å². The van der Waals surface area contributed by atoms with Gasteiger partial charge in [-0.25, -0.2) is 0 Å². The summed E-state index contributed by atoms with van der Waals surface area (Å²) in [5.74, 6) is -0.438. The third-order valence-electron chi connectivity index (χ3n) is 5.80. The van der Waals surface area contributed by atoms with E-state index in [1.54, 1.807) is 6.07 Å². The van der Waals surface area contributed by atoms with E-state index in [1.165, 1.54) is 21.9 Å². The van der Waals surface area contributed by atoms with Crippen LogP contribution in [0.15, 0.2) is 72.8 Å². The van der Waals surface area contributed by atoms with Gasteiger partial charge in [-0.05, 0) is 53.1 Å². The summed E-state index contributed by atoms with van der Waals surface area (Å²) in [4.78, 5) is 12.1. The Hall–Kier alpha value is -3.63. The van der Waals surface area contributed by atoms with E-state index >= 15 is 0 Å². The van der Waals surface area contributed by atoms with Gasteiger partial charge < -0.3 is 15.4 Å². The third-order valence-corrected chi connectivity index (χ3v) is 5.80. The number of nitrogens with zero attached hydrogens (tertiary/aromatic N) is 1. The molecule has 0 fully saturated rings. The first-order chi connectivity index (χ1) is 14.5. The maximum atomic E-state index is 12.1. The summed E-state index contributed by atoms with van der Waals surface area (Å²) in [6.07, 6.45) is 0. The molecular weight excluding hydrogens is 372 g/mol. The van der Waals surface area contributed by atoms with E-state index in [0.717, 1.165) is 27.4 Å². The Balaban J connectivity index is 1.75.